The van der Waals surface area contributed by atoms with Gasteiger partial charge in [0.15, 0.2) is 37.7 Å². The van der Waals surface area contributed by atoms with E-state index in [-0.39, 0.29) is 6.42 Å². The Bertz CT molecular complexity index is 2140. The predicted molar refractivity (Wildman–Crippen MR) is 286 cm³/mol. The summed E-state index contributed by atoms with van der Waals surface area (Å²) in [5, 5.41) is 176. The number of aliphatic hydroxyl groups excluding tert-OH is 16. The van der Waals surface area contributed by atoms with Gasteiger partial charge < -0.3 is 143 Å². The van der Waals surface area contributed by atoms with Crippen LogP contribution in [0.2, 0.25) is 0 Å². The highest BCUT2D eigenvalue weighted by Gasteiger charge is 2.58. The van der Waals surface area contributed by atoms with Gasteiger partial charge in [0.1, 0.15) is 128 Å². The lowest BCUT2D eigenvalue weighted by Gasteiger charge is -2.51. The molecule has 496 valence electrons. The number of esters is 1. The van der Waals surface area contributed by atoms with Crippen LogP contribution in [0.25, 0.3) is 0 Å². The first-order valence-electron chi connectivity index (χ1n) is 29.7. The summed E-state index contributed by atoms with van der Waals surface area (Å²) in [5.41, 5.74) is 0. The number of para-hydroxylation sites is 1. The maximum atomic E-state index is 12.5. The van der Waals surface area contributed by atoms with E-state index < -0.39 is 216 Å². The molecule has 0 aliphatic carbocycles. The molecule has 16 N–H and O–H groups in total. The fraction of sp³-hybridized carbons (Fsp3) is 0.875. The second kappa shape index (κ2) is 32.7. The van der Waals surface area contributed by atoms with Crippen LogP contribution >= 0.6 is 0 Å². The topological polar surface area (TPSA) is 461 Å². The zero-order chi connectivity index (χ0) is 62.8. The van der Waals surface area contributed by atoms with Gasteiger partial charge in [-0.1, -0.05) is 63.6 Å². The number of benzene rings is 1. The monoisotopic (exact) mass is 1240 g/mol. The zero-order valence-corrected chi connectivity index (χ0v) is 48.7. The van der Waals surface area contributed by atoms with Crippen LogP contribution in [-0.2, 0) is 61.6 Å². The molecule has 0 amide bonds. The lowest BCUT2D eigenvalue weighted by atomic mass is 9.95. The number of hydrogen-bond donors (Lipinski definition) is 16. The molecule has 6 aliphatic heterocycles. The van der Waals surface area contributed by atoms with Gasteiger partial charge in [0.25, 0.3) is 0 Å². The molecule has 0 bridgehead atoms. The second-order valence-corrected chi connectivity index (χ2v) is 23.2. The molecule has 1 aromatic rings. The van der Waals surface area contributed by atoms with Crippen LogP contribution < -0.4 is 4.74 Å². The highest BCUT2D eigenvalue weighted by atomic mass is 16.8. The van der Waals surface area contributed by atoms with E-state index in [1.165, 1.54) is 27.7 Å². The Hall–Kier alpha value is -2.43. The standard InChI is InChI=1S/C56H92O30/c1-6-15-28(17-12-9-7-8-11-16-27(59)20-32(60)78-29-18-13-10-14-19-29)79-54-48(40(68)35(63)25(4)76-54)86-56-50(42(70)37(65)31(22-58)81-56)85-53-45(73)47(46(26(5)77-53)82-51-43(71)38(66)33(61)23(2)74-51)83-55-49(41(69)36(64)30(21-57)80-55)84-52-44(72)39(67)34(62)24(3)75-52/h10,13-14,18-19,23-28,30-31,33-59,61-73H,6-9,11-12,15-17,20-22H2,1-5H3/t23-,24-,25-,26+,27+,28+,30-,31-,33+,34-,35+,36-,37-,38+,39+,40+,41+,42+,43-,44-,45-,46+,47+,48-,49-,50-,51+,52+,53+,54+,55+,56+/m1/s1. The first kappa shape index (κ1) is 71.0. The Morgan fingerprint density at radius 1 is 0.430 bits per heavy atom. The van der Waals surface area contributed by atoms with Gasteiger partial charge in [0.2, 0.25) is 0 Å². The minimum absolute atomic E-state index is 0.140. The number of unbranched alkanes of at least 4 members (excludes halogenated alkanes) is 4. The van der Waals surface area contributed by atoms with Crippen molar-refractivity contribution in [2.24, 2.45) is 0 Å². The molecule has 6 saturated heterocycles. The van der Waals surface area contributed by atoms with Gasteiger partial charge in [-0.05, 0) is 59.1 Å². The maximum absolute atomic E-state index is 12.5. The molecule has 0 aromatic heterocycles. The van der Waals surface area contributed by atoms with Gasteiger partial charge in [-0.2, -0.15) is 0 Å². The summed E-state index contributed by atoms with van der Waals surface area (Å²) < 4.78 is 78.2. The van der Waals surface area contributed by atoms with E-state index in [4.69, 9.17) is 61.6 Å². The zero-order valence-electron chi connectivity index (χ0n) is 48.7. The fourth-order valence-corrected chi connectivity index (χ4v) is 11.4. The molecule has 86 heavy (non-hydrogen) atoms. The Kier molecular flexibility index (Phi) is 27.0. The van der Waals surface area contributed by atoms with E-state index in [0.717, 1.165) is 19.3 Å². The Morgan fingerprint density at radius 3 is 1.35 bits per heavy atom. The number of rotatable bonds is 27. The average molecular weight is 1250 g/mol. The molecule has 6 fully saturated rings. The third kappa shape index (κ3) is 17.4. The van der Waals surface area contributed by atoms with Crippen molar-refractivity contribution in [3.8, 4) is 5.75 Å². The van der Waals surface area contributed by atoms with Crippen molar-refractivity contribution in [3.63, 3.8) is 0 Å². The number of hydrogen-bond acceptors (Lipinski definition) is 30. The van der Waals surface area contributed by atoms with E-state index in [1.54, 1.807) is 30.3 Å². The SMILES string of the molecule is CCC[C@@H](CCCCCCC[C@H](O)CC(=O)Oc1ccccc1)O[C@@H]1O[C@H](C)[C@H](O)[C@H](O)[C@H]1O[C@@H]1O[C@H](CO)[C@@H](O)[C@H](O)[C@H]1O[C@@H]1O[C@@H](C)[C@H](O[C@@H]2O[C@H](C)[C@H](O)[C@H](O)[C@H]2O)[C@@H](O[C@@H]2O[C@H](CO)[C@@H](O)[C@H](O)[C@H]2O[C@@H]2O[C@H](C)[C@@H](O)[C@H](O)[C@H]2O)[C@H]1O. The first-order valence-corrected chi connectivity index (χ1v) is 29.7. The normalized spacial score (nSPS) is 44.8. The molecule has 6 heterocycles. The third-order valence-electron chi connectivity index (χ3n) is 16.6. The molecule has 30 heteroatoms. The van der Waals surface area contributed by atoms with Crippen LogP contribution in [0.15, 0.2) is 30.3 Å². The number of carbonyl (C=O) groups is 1. The minimum Gasteiger partial charge on any atom is -0.426 e. The summed E-state index contributed by atoms with van der Waals surface area (Å²) in [6.07, 6.45) is -48.1. The molecule has 30 nitrogen and oxygen atoms in total. The Morgan fingerprint density at radius 2 is 0.837 bits per heavy atom. The largest absolute Gasteiger partial charge is 0.426 e. The van der Waals surface area contributed by atoms with Crippen molar-refractivity contribution < 1.29 is 148 Å². The Balaban J connectivity index is 1.08. The van der Waals surface area contributed by atoms with Crippen LogP contribution in [0.3, 0.4) is 0 Å². The molecule has 6 aliphatic rings. The number of carbonyl (C=O) groups excluding carboxylic acids is 1. The molecular formula is C56H92O30. The summed E-state index contributed by atoms with van der Waals surface area (Å²) in [4.78, 5) is 12.3. The van der Waals surface area contributed by atoms with E-state index in [1.807, 2.05) is 6.92 Å². The summed E-state index contributed by atoms with van der Waals surface area (Å²) in [6, 6.07) is 8.57. The maximum Gasteiger partial charge on any atom is 0.313 e. The van der Waals surface area contributed by atoms with Gasteiger partial charge in [-0.15, -0.1) is 0 Å². The van der Waals surface area contributed by atoms with Crippen molar-refractivity contribution in [3.05, 3.63) is 30.3 Å². The van der Waals surface area contributed by atoms with E-state index >= 15 is 0 Å². The predicted octanol–water partition coefficient (Wildman–Crippen LogP) is -4.71. The first-order chi connectivity index (χ1) is 40.9. The smallest absolute Gasteiger partial charge is 0.313 e. The lowest BCUT2D eigenvalue weighted by Crippen LogP contribution is -2.69. The molecule has 7 rings (SSSR count). The third-order valence-corrected chi connectivity index (χ3v) is 16.6. The van der Waals surface area contributed by atoms with Crippen LogP contribution in [0.1, 0.15) is 98.8 Å². The molecule has 0 unspecified atom stereocenters. The van der Waals surface area contributed by atoms with Crippen molar-refractivity contribution in [2.45, 2.75) is 295 Å². The highest BCUT2D eigenvalue weighted by molar-refractivity contribution is 5.72. The van der Waals surface area contributed by atoms with Crippen LogP contribution in [-0.4, -0.2) is 297 Å². The molecule has 0 radical (unpaired) electrons. The summed E-state index contributed by atoms with van der Waals surface area (Å²) in [6.45, 7) is 5.66. The quantitative estimate of drug-likeness (QED) is 0.0224. The van der Waals surface area contributed by atoms with Gasteiger partial charge in [0, 0.05) is 0 Å². The average Bonchev–Trinajstić information content (AvgIpc) is 1.98. The van der Waals surface area contributed by atoms with Gasteiger partial charge >= 0.3 is 5.97 Å². The molecule has 1 aromatic carbocycles. The van der Waals surface area contributed by atoms with E-state index in [9.17, 15) is 86.5 Å². The van der Waals surface area contributed by atoms with Crippen molar-refractivity contribution in [1.29, 1.82) is 0 Å². The Labute approximate surface area is 497 Å². The summed E-state index contributed by atoms with van der Waals surface area (Å²) >= 11 is 0. The van der Waals surface area contributed by atoms with Crippen LogP contribution in [0, 0.1) is 0 Å². The van der Waals surface area contributed by atoms with Gasteiger partial charge in [-0.25, -0.2) is 0 Å². The van der Waals surface area contributed by atoms with Crippen molar-refractivity contribution in [2.75, 3.05) is 13.2 Å². The van der Waals surface area contributed by atoms with Crippen molar-refractivity contribution in [1.82, 2.24) is 0 Å². The molecular weight excluding hydrogens is 1150 g/mol. The fourth-order valence-electron chi connectivity index (χ4n) is 11.4. The van der Waals surface area contributed by atoms with Gasteiger partial charge in [-0.3, -0.25) is 4.79 Å². The number of ether oxygens (including phenoxy) is 13. The van der Waals surface area contributed by atoms with Crippen molar-refractivity contribution >= 4 is 5.97 Å². The van der Waals surface area contributed by atoms with Crippen LogP contribution in [0.5, 0.6) is 5.75 Å². The van der Waals surface area contributed by atoms with Crippen LogP contribution in [0.4, 0.5) is 0 Å². The minimum atomic E-state index is -2.21. The van der Waals surface area contributed by atoms with Gasteiger partial charge in [0.05, 0.1) is 56.3 Å². The summed E-state index contributed by atoms with van der Waals surface area (Å²) in [5.74, 6) is -0.134. The van der Waals surface area contributed by atoms with E-state index in [2.05, 4.69) is 0 Å². The molecule has 0 saturated carbocycles. The second-order valence-electron chi connectivity index (χ2n) is 23.2. The summed E-state index contributed by atoms with van der Waals surface area (Å²) in [7, 11) is 0. The molecule has 32 atom stereocenters. The highest BCUT2D eigenvalue weighted by Crippen LogP contribution is 2.39. The lowest BCUT2D eigenvalue weighted by molar-refractivity contribution is -0.414. The molecule has 0 spiro atoms. The van der Waals surface area contributed by atoms with E-state index in [0.29, 0.717) is 44.3 Å². The number of aliphatic hydroxyl groups is 16.